The van der Waals surface area contributed by atoms with Crippen molar-refractivity contribution in [2.24, 2.45) is 5.14 Å². The standard InChI is InChI=1S/C17H19N3O4S/c1-12-4-2-3-5-15(12)20-17(22)16(21)19-11-10-13-6-8-14(9-7-13)25(18,23)24/h2-9H,10-11H2,1H3,(H,19,21)(H,20,22)(H2,18,23,24). The summed E-state index contributed by atoms with van der Waals surface area (Å²) in [5.74, 6) is -1.47. The topological polar surface area (TPSA) is 118 Å². The number of hydrogen-bond donors (Lipinski definition) is 3. The molecule has 4 N–H and O–H groups in total. The van der Waals surface area contributed by atoms with Gasteiger partial charge in [0.05, 0.1) is 4.90 Å². The van der Waals surface area contributed by atoms with Crippen LogP contribution in [0.5, 0.6) is 0 Å². The second-order valence-corrected chi connectivity index (χ2v) is 7.03. The molecule has 7 nitrogen and oxygen atoms in total. The van der Waals surface area contributed by atoms with Crippen LogP contribution in [0.15, 0.2) is 53.4 Å². The molecule has 2 aromatic carbocycles. The molecule has 0 aliphatic carbocycles. The van der Waals surface area contributed by atoms with E-state index in [0.717, 1.165) is 11.1 Å². The molecule has 132 valence electrons. The Kier molecular flexibility index (Phi) is 5.89. The lowest BCUT2D eigenvalue weighted by molar-refractivity contribution is -0.136. The van der Waals surface area contributed by atoms with Crippen molar-refractivity contribution in [2.75, 3.05) is 11.9 Å². The van der Waals surface area contributed by atoms with Gasteiger partial charge in [-0.05, 0) is 42.7 Å². The lowest BCUT2D eigenvalue weighted by Gasteiger charge is -2.08. The Morgan fingerprint density at radius 2 is 1.64 bits per heavy atom. The smallest absolute Gasteiger partial charge is 0.313 e. The maximum absolute atomic E-state index is 11.9. The van der Waals surface area contributed by atoms with E-state index in [1.165, 1.54) is 12.1 Å². The van der Waals surface area contributed by atoms with Crippen LogP contribution in [0.4, 0.5) is 5.69 Å². The normalized spacial score (nSPS) is 11.0. The second-order valence-electron chi connectivity index (χ2n) is 5.46. The Hall–Kier alpha value is -2.71. The first-order valence-electron chi connectivity index (χ1n) is 7.54. The Bertz CT molecular complexity index is 877. The largest absolute Gasteiger partial charge is 0.347 e. The molecular weight excluding hydrogens is 342 g/mol. The summed E-state index contributed by atoms with van der Waals surface area (Å²) >= 11 is 0. The SMILES string of the molecule is Cc1ccccc1NC(=O)C(=O)NCCc1ccc(S(N)(=O)=O)cc1. The predicted octanol–water partition coefficient (Wildman–Crippen LogP) is 0.940. The highest BCUT2D eigenvalue weighted by atomic mass is 32.2. The third kappa shape index (κ3) is 5.40. The van der Waals surface area contributed by atoms with Crippen LogP contribution >= 0.6 is 0 Å². The summed E-state index contributed by atoms with van der Waals surface area (Å²) in [4.78, 5) is 23.7. The van der Waals surface area contributed by atoms with Gasteiger partial charge >= 0.3 is 11.8 Å². The number of rotatable bonds is 5. The van der Waals surface area contributed by atoms with E-state index in [-0.39, 0.29) is 11.4 Å². The third-order valence-electron chi connectivity index (χ3n) is 3.55. The van der Waals surface area contributed by atoms with Gasteiger partial charge in [0.25, 0.3) is 0 Å². The van der Waals surface area contributed by atoms with E-state index < -0.39 is 21.8 Å². The molecule has 0 radical (unpaired) electrons. The van der Waals surface area contributed by atoms with Gasteiger partial charge in [0.15, 0.2) is 0 Å². The molecule has 0 saturated carbocycles. The summed E-state index contributed by atoms with van der Waals surface area (Å²) < 4.78 is 22.3. The fourth-order valence-electron chi connectivity index (χ4n) is 2.14. The number of anilines is 1. The molecule has 0 atom stereocenters. The molecule has 0 spiro atoms. The van der Waals surface area contributed by atoms with Crippen molar-refractivity contribution in [2.45, 2.75) is 18.2 Å². The number of nitrogens with one attached hydrogen (secondary N) is 2. The molecule has 0 saturated heterocycles. The molecule has 0 heterocycles. The van der Waals surface area contributed by atoms with Crippen molar-refractivity contribution < 1.29 is 18.0 Å². The number of amides is 2. The van der Waals surface area contributed by atoms with Crippen LogP contribution in [0.25, 0.3) is 0 Å². The van der Waals surface area contributed by atoms with E-state index >= 15 is 0 Å². The minimum atomic E-state index is -3.72. The van der Waals surface area contributed by atoms with E-state index in [0.29, 0.717) is 12.1 Å². The van der Waals surface area contributed by atoms with Crippen molar-refractivity contribution in [3.05, 3.63) is 59.7 Å². The van der Waals surface area contributed by atoms with Gasteiger partial charge in [-0.25, -0.2) is 13.6 Å². The van der Waals surface area contributed by atoms with Gasteiger partial charge in [0.2, 0.25) is 10.0 Å². The molecule has 25 heavy (non-hydrogen) atoms. The van der Waals surface area contributed by atoms with Gasteiger partial charge in [-0.1, -0.05) is 30.3 Å². The van der Waals surface area contributed by atoms with Crippen LogP contribution < -0.4 is 15.8 Å². The first-order valence-corrected chi connectivity index (χ1v) is 9.08. The number of aryl methyl sites for hydroxylation is 1. The summed E-state index contributed by atoms with van der Waals surface area (Å²) in [6, 6.07) is 13.2. The molecule has 0 aliphatic rings. The first-order chi connectivity index (χ1) is 11.8. The Morgan fingerprint density at radius 1 is 1.00 bits per heavy atom. The maximum Gasteiger partial charge on any atom is 0.313 e. The minimum Gasteiger partial charge on any atom is -0.347 e. The van der Waals surface area contributed by atoms with Crippen LogP contribution in [-0.4, -0.2) is 26.8 Å². The summed E-state index contributed by atoms with van der Waals surface area (Å²) in [7, 11) is -3.72. The molecule has 0 unspecified atom stereocenters. The van der Waals surface area contributed by atoms with Crippen molar-refractivity contribution in [1.82, 2.24) is 5.32 Å². The van der Waals surface area contributed by atoms with Gasteiger partial charge in [-0.3, -0.25) is 9.59 Å². The number of benzene rings is 2. The summed E-state index contributed by atoms with van der Waals surface area (Å²) in [5, 5.41) is 10.1. The molecule has 2 rings (SSSR count). The zero-order chi connectivity index (χ0) is 18.4. The Morgan fingerprint density at radius 3 is 2.24 bits per heavy atom. The van der Waals surface area contributed by atoms with Crippen LogP contribution in [-0.2, 0) is 26.0 Å². The van der Waals surface area contributed by atoms with E-state index in [9.17, 15) is 18.0 Å². The molecule has 2 amide bonds. The maximum atomic E-state index is 11.9. The molecule has 2 aromatic rings. The number of carbonyl (C=O) groups is 2. The van der Waals surface area contributed by atoms with E-state index in [1.807, 2.05) is 19.1 Å². The van der Waals surface area contributed by atoms with Crippen LogP contribution in [0.1, 0.15) is 11.1 Å². The zero-order valence-electron chi connectivity index (χ0n) is 13.7. The van der Waals surface area contributed by atoms with Gasteiger partial charge in [-0.2, -0.15) is 0 Å². The summed E-state index contributed by atoms with van der Waals surface area (Å²) in [5.41, 5.74) is 2.26. The van der Waals surface area contributed by atoms with Gasteiger partial charge in [0, 0.05) is 12.2 Å². The van der Waals surface area contributed by atoms with Crippen LogP contribution in [0.2, 0.25) is 0 Å². The average Bonchev–Trinajstić information content (AvgIpc) is 2.56. The highest BCUT2D eigenvalue weighted by Gasteiger charge is 2.14. The van der Waals surface area contributed by atoms with Crippen LogP contribution in [0, 0.1) is 6.92 Å². The fourth-order valence-corrected chi connectivity index (χ4v) is 2.65. The molecule has 0 bridgehead atoms. The van der Waals surface area contributed by atoms with E-state index in [2.05, 4.69) is 10.6 Å². The molecule has 0 aromatic heterocycles. The quantitative estimate of drug-likeness (QED) is 0.687. The number of hydrogen-bond acceptors (Lipinski definition) is 4. The lowest BCUT2D eigenvalue weighted by Crippen LogP contribution is -2.36. The first kappa shape index (κ1) is 18.6. The second kappa shape index (κ2) is 7.91. The van der Waals surface area contributed by atoms with Gasteiger partial charge < -0.3 is 10.6 Å². The number of nitrogens with two attached hydrogens (primary N) is 1. The number of para-hydroxylation sites is 1. The molecular formula is C17H19N3O4S. The number of carbonyl (C=O) groups excluding carboxylic acids is 2. The lowest BCUT2D eigenvalue weighted by atomic mass is 10.1. The highest BCUT2D eigenvalue weighted by molar-refractivity contribution is 7.89. The van der Waals surface area contributed by atoms with E-state index in [1.54, 1.807) is 24.3 Å². The Labute approximate surface area is 146 Å². The van der Waals surface area contributed by atoms with Crippen molar-refractivity contribution in [3.63, 3.8) is 0 Å². The zero-order valence-corrected chi connectivity index (χ0v) is 14.5. The van der Waals surface area contributed by atoms with Gasteiger partial charge in [-0.15, -0.1) is 0 Å². The fraction of sp³-hybridized carbons (Fsp3) is 0.176. The average molecular weight is 361 g/mol. The van der Waals surface area contributed by atoms with Gasteiger partial charge in [0.1, 0.15) is 0 Å². The Balaban J connectivity index is 1.84. The van der Waals surface area contributed by atoms with Crippen molar-refractivity contribution in [1.29, 1.82) is 0 Å². The summed E-state index contributed by atoms with van der Waals surface area (Å²) in [6.07, 6.45) is 0.453. The monoisotopic (exact) mass is 361 g/mol. The highest BCUT2D eigenvalue weighted by Crippen LogP contribution is 2.12. The third-order valence-corrected chi connectivity index (χ3v) is 4.48. The number of sulfonamides is 1. The van der Waals surface area contributed by atoms with Crippen LogP contribution in [0.3, 0.4) is 0 Å². The molecule has 8 heteroatoms. The molecule has 0 fully saturated rings. The summed E-state index contributed by atoms with van der Waals surface area (Å²) in [6.45, 7) is 2.08. The van der Waals surface area contributed by atoms with E-state index in [4.69, 9.17) is 5.14 Å². The van der Waals surface area contributed by atoms with Crippen molar-refractivity contribution >= 4 is 27.5 Å². The number of primary sulfonamides is 1. The molecule has 0 aliphatic heterocycles. The minimum absolute atomic E-state index is 0.0258. The van der Waals surface area contributed by atoms with Crippen molar-refractivity contribution in [3.8, 4) is 0 Å². The predicted molar refractivity (Wildman–Crippen MR) is 94.3 cm³/mol.